The van der Waals surface area contributed by atoms with E-state index in [0.717, 1.165) is 19.3 Å². The van der Waals surface area contributed by atoms with E-state index in [1.165, 1.54) is 38.2 Å². The minimum absolute atomic E-state index is 0.323. The van der Waals surface area contributed by atoms with Crippen LogP contribution in [0, 0.1) is 0 Å². The minimum Gasteiger partial charge on any atom is -0.463 e. The van der Waals surface area contributed by atoms with Crippen molar-refractivity contribution in [1.82, 2.24) is 0 Å². The largest absolute Gasteiger partial charge is 0.463 e. The van der Waals surface area contributed by atoms with Crippen molar-refractivity contribution in [1.29, 1.82) is 0 Å². The number of rotatable bonds is 11. The summed E-state index contributed by atoms with van der Waals surface area (Å²) in [6, 6.07) is 0. The van der Waals surface area contributed by atoms with E-state index in [1.807, 2.05) is 0 Å². The Bertz CT molecular complexity index is 219. The molecule has 0 aliphatic heterocycles. The van der Waals surface area contributed by atoms with Gasteiger partial charge >= 0.3 is 5.97 Å². The van der Waals surface area contributed by atoms with Gasteiger partial charge in [0.1, 0.15) is 0 Å². The average Bonchev–Trinajstić information content (AvgIpc) is 2.35. The molecule has 0 saturated heterocycles. The zero-order chi connectivity index (χ0) is 12.8. The molecule has 0 aliphatic carbocycles. The fraction of sp³-hybridized carbons (Fsp3) is 0.667. The molecule has 0 bridgehead atoms. The first-order chi connectivity index (χ1) is 8.31. The van der Waals surface area contributed by atoms with Crippen LogP contribution in [0.1, 0.15) is 58.3 Å². The van der Waals surface area contributed by atoms with Crippen molar-refractivity contribution < 1.29 is 9.53 Å². The van der Waals surface area contributed by atoms with Gasteiger partial charge in [0.15, 0.2) is 0 Å². The van der Waals surface area contributed by atoms with Crippen LogP contribution in [0.4, 0.5) is 0 Å². The molecule has 0 saturated carbocycles. The SMILES string of the molecule is C=CC(=O)OCCCC/C=C/CCCCCC. The van der Waals surface area contributed by atoms with E-state index in [-0.39, 0.29) is 5.97 Å². The summed E-state index contributed by atoms with van der Waals surface area (Å²) in [7, 11) is 0. The standard InChI is InChI=1S/C15H26O2/c1-3-5-6-7-8-9-10-11-12-13-14-17-15(16)4-2/h4,9-10H,2-3,5-8,11-14H2,1H3/b10-9+. The second-order valence-corrected chi connectivity index (χ2v) is 4.19. The Morgan fingerprint density at radius 2 is 1.71 bits per heavy atom. The lowest BCUT2D eigenvalue weighted by Gasteiger charge is -1.99. The maximum absolute atomic E-state index is 10.7. The molecule has 0 atom stereocenters. The van der Waals surface area contributed by atoms with Gasteiger partial charge in [0, 0.05) is 6.08 Å². The molecule has 0 rings (SSSR count). The van der Waals surface area contributed by atoms with Crippen LogP contribution in [0.25, 0.3) is 0 Å². The molecule has 0 aromatic rings. The van der Waals surface area contributed by atoms with Crippen LogP contribution >= 0.6 is 0 Å². The molecular formula is C15H26O2. The molecular weight excluding hydrogens is 212 g/mol. The van der Waals surface area contributed by atoms with Gasteiger partial charge < -0.3 is 4.74 Å². The van der Waals surface area contributed by atoms with Crippen LogP contribution in [0.15, 0.2) is 24.8 Å². The van der Waals surface area contributed by atoms with Gasteiger partial charge in [-0.1, -0.05) is 44.9 Å². The van der Waals surface area contributed by atoms with Gasteiger partial charge in [-0.3, -0.25) is 0 Å². The molecule has 0 radical (unpaired) electrons. The van der Waals surface area contributed by atoms with Crippen LogP contribution in [0.2, 0.25) is 0 Å². The van der Waals surface area contributed by atoms with Gasteiger partial charge in [-0.25, -0.2) is 4.79 Å². The first-order valence-electron chi connectivity index (χ1n) is 6.75. The normalized spacial score (nSPS) is 10.6. The van der Waals surface area contributed by atoms with Crippen molar-refractivity contribution >= 4 is 5.97 Å². The van der Waals surface area contributed by atoms with Crippen LogP contribution in [-0.4, -0.2) is 12.6 Å². The summed E-state index contributed by atoms with van der Waals surface area (Å²) in [4.78, 5) is 10.7. The highest BCUT2D eigenvalue weighted by Gasteiger charge is 1.93. The summed E-state index contributed by atoms with van der Waals surface area (Å²) in [5.41, 5.74) is 0. The van der Waals surface area contributed by atoms with Gasteiger partial charge in [0.25, 0.3) is 0 Å². The van der Waals surface area contributed by atoms with Crippen LogP contribution in [-0.2, 0) is 9.53 Å². The predicted octanol–water partition coefficient (Wildman–Crippen LogP) is 4.41. The lowest BCUT2D eigenvalue weighted by atomic mass is 10.1. The lowest BCUT2D eigenvalue weighted by molar-refractivity contribution is -0.137. The van der Waals surface area contributed by atoms with Crippen molar-refractivity contribution in [3.63, 3.8) is 0 Å². The third-order valence-electron chi connectivity index (χ3n) is 2.57. The Balaban J connectivity index is 3.14. The maximum Gasteiger partial charge on any atom is 0.330 e. The molecule has 0 spiro atoms. The second kappa shape index (κ2) is 13.0. The van der Waals surface area contributed by atoms with Gasteiger partial charge in [-0.2, -0.15) is 0 Å². The summed E-state index contributed by atoms with van der Waals surface area (Å²) in [6.07, 6.45) is 15.3. The zero-order valence-electron chi connectivity index (χ0n) is 11.1. The third kappa shape index (κ3) is 12.9. The van der Waals surface area contributed by atoms with Crippen molar-refractivity contribution in [2.24, 2.45) is 0 Å². The number of hydrogen-bond donors (Lipinski definition) is 0. The Labute approximate surface area is 106 Å². The van der Waals surface area contributed by atoms with E-state index in [0.29, 0.717) is 6.61 Å². The number of unbranched alkanes of at least 4 members (excludes halogenated alkanes) is 6. The van der Waals surface area contributed by atoms with Crippen molar-refractivity contribution in [2.45, 2.75) is 58.3 Å². The first-order valence-corrected chi connectivity index (χ1v) is 6.75. The lowest BCUT2D eigenvalue weighted by Crippen LogP contribution is -2.01. The number of esters is 1. The molecule has 98 valence electrons. The van der Waals surface area contributed by atoms with E-state index in [9.17, 15) is 4.79 Å². The molecule has 0 aliphatic rings. The van der Waals surface area contributed by atoms with Crippen LogP contribution in [0.3, 0.4) is 0 Å². The van der Waals surface area contributed by atoms with Crippen LogP contribution in [0.5, 0.6) is 0 Å². The fourth-order valence-corrected chi connectivity index (χ4v) is 1.52. The second-order valence-electron chi connectivity index (χ2n) is 4.19. The molecule has 0 N–H and O–H groups in total. The highest BCUT2D eigenvalue weighted by Crippen LogP contribution is 2.04. The summed E-state index contributed by atoms with van der Waals surface area (Å²) in [5, 5.41) is 0. The minimum atomic E-state index is -0.323. The first kappa shape index (κ1) is 16.0. The Kier molecular flexibility index (Phi) is 12.2. The number of hydrogen-bond acceptors (Lipinski definition) is 2. The molecule has 0 aromatic carbocycles. The molecule has 0 fully saturated rings. The molecule has 17 heavy (non-hydrogen) atoms. The van der Waals surface area contributed by atoms with Gasteiger partial charge in [-0.05, 0) is 32.1 Å². The van der Waals surface area contributed by atoms with E-state index in [1.54, 1.807) is 0 Å². The average molecular weight is 238 g/mol. The summed E-state index contributed by atoms with van der Waals surface area (Å²) < 4.78 is 4.88. The predicted molar refractivity (Wildman–Crippen MR) is 72.9 cm³/mol. The summed E-state index contributed by atoms with van der Waals surface area (Å²) in [6.45, 7) is 6.09. The smallest absolute Gasteiger partial charge is 0.330 e. The van der Waals surface area contributed by atoms with E-state index in [2.05, 4.69) is 25.7 Å². The molecule has 0 aromatic heterocycles. The Morgan fingerprint density at radius 3 is 2.29 bits per heavy atom. The molecule has 2 nitrogen and oxygen atoms in total. The molecule has 0 heterocycles. The number of carbonyl (C=O) groups excluding carboxylic acids is 1. The maximum atomic E-state index is 10.7. The number of allylic oxidation sites excluding steroid dienone is 2. The van der Waals surface area contributed by atoms with Gasteiger partial charge in [-0.15, -0.1) is 0 Å². The van der Waals surface area contributed by atoms with E-state index < -0.39 is 0 Å². The highest BCUT2D eigenvalue weighted by atomic mass is 16.5. The molecule has 0 unspecified atom stereocenters. The summed E-state index contributed by atoms with van der Waals surface area (Å²) >= 11 is 0. The topological polar surface area (TPSA) is 26.3 Å². The third-order valence-corrected chi connectivity index (χ3v) is 2.57. The van der Waals surface area contributed by atoms with Gasteiger partial charge in [0.05, 0.1) is 6.61 Å². The monoisotopic (exact) mass is 238 g/mol. The Hall–Kier alpha value is -1.05. The van der Waals surface area contributed by atoms with E-state index in [4.69, 9.17) is 4.74 Å². The van der Waals surface area contributed by atoms with Crippen molar-refractivity contribution in [2.75, 3.05) is 6.61 Å². The van der Waals surface area contributed by atoms with Gasteiger partial charge in [0.2, 0.25) is 0 Å². The van der Waals surface area contributed by atoms with Crippen molar-refractivity contribution in [3.05, 3.63) is 24.8 Å². The highest BCUT2D eigenvalue weighted by molar-refractivity contribution is 5.81. The zero-order valence-corrected chi connectivity index (χ0v) is 11.1. The van der Waals surface area contributed by atoms with Crippen LogP contribution < -0.4 is 0 Å². The fourth-order valence-electron chi connectivity index (χ4n) is 1.52. The van der Waals surface area contributed by atoms with E-state index >= 15 is 0 Å². The quantitative estimate of drug-likeness (QED) is 0.231. The summed E-state index contributed by atoms with van der Waals surface area (Å²) in [5.74, 6) is -0.323. The Morgan fingerprint density at radius 1 is 1.06 bits per heavy atom. The molecule has 2 heteroatoms. The number of ether oxygens (including phenoxy) is 1. The van der Waals surface area contributed by atoms with Crippen molar-refractivity contribution in [3.8, 4) is 0 Å². The number of carbonyl (C=O) groups is 1. The molecule has 0 amide bonds.